The van der Waals surface area contributed by atoms with Crippen molar-refractivity contribution in [2.24, 2.45) is 11.7 Å². The van der Waals surface area contributed by atoms with Crippen molar-refractivity contribution in [2.45, 2.75) is 25.7 Å². The highest BCUT2D eigenvalue weighted by Gasteiger charge is 2.17. The monoisotopic (exact) mass is 280 g/mol. The van der Waals surface area contributed by atoms with Crippen molar-refractivity contribution in [3.05, 3.63) is 29.3 Å². The van der Waals surface area contributed by atoms with E-state index < -0.39 is 10.0 Å². The van der Waals surface area contributed by atoms with Crippen LogP contribution in [0.15, 0.2) is 23.1 Å². The molecule has 4 nitrogen and oxygen atoms in total. The van der Waals surface area contributed by atoms with Gasteiger partial charge in [-0.3, -0.25) is 0 Å². The van der Waals surface area contributed by atoms with Crippen LogP contribution in [0.4, 0.5) is 0 Å². The van der Waals surface area contributed by atoms with Gasteiger partial charge in [-0.25, -0.2) is 13.1 Å². The van der Waals surface area contributed by atoms with Crippen LogP contribution in [0, 0.1) is 24.7 Å². The molecule has 0 heterocycles. The summed E-state index contributed by atoms with van der Waals surface area (Å²) < 4.78 is 27.0. The summed E-state index contributed by atoms with van der Waals surface area (Å²) in [7, 11) is -3.53. The maximum absolute atomic E-state index is 12.2. The first kappa shape index (κ1) is 15.7. The molecule has 104 valence electrons. The minimum atomic E-state index is -3.53. The first-order chi connectivity index (χ1) is 8.86. The van der Waals surface area contributed by atoms with Crippen LogP contribution in [-0.4, -0.2) is 21.5 Å². The van der Waals surface area contributed by atoms with Gasteiger partial charge < -0.3 is 5.73 Å². The predicted octanol–water partition coefficient (Wildman–Crippen LogP) is 1.24. The molecule has 0 atom stereocenters. The normalized spacial score (nSPS) is 11.2. The van der Waals surface area contributed by atoms with Gasteiger partial charge in [-0.05, 0) is 30.5 Å². The summed E-state index contributed by atoms with van der Waals surface area (Å²) in [6, 6.07) is 5.10. The third kappa shape index (κ3) is 4.67. The van der Waals surface area contributed by atoms with Gasteiger partial charge in [0, 0.05) is 12.1 Å². The number of benzene rings is 1. The fourth-order valence-electron chi connectivity index (χ4n) is 1.48. The highest BCUT2D eigenvalue weighted by Crippen LogP contribution is 2.16. The molecule has 0 spiro atoms. The molecule has 1 aromatic carbocycles. The van der Waals surface area contributed by atoms with E-state index in [1.807, 2.05) is 20.8 Å². The summed E-state index contributed by atoms with van der Waals surface area (Å²) in [6.45, 7) is 6.40. The van der Waals surface area contributed by atoms with Crippen molar-refractivity contribution in [1.82, 2.24) is 4.72 Å². The van der Waals surface area contributed by atoms with Crippen molar-refractivity contribution >= 4 is 10.0 Å². The Balaban J connectivity index is 3.18. The molecule has 19 heavy (non-hydrogen) atoms. The highest BCUT2D eigenvalue weighted by molar-refractivity contribution is 7.89. The van der Waals surface area contributed by atoms with Gasteiger partial charge in [0.25, 0.3) is 0 Å². The summed E-state index contributed by atoms with van der Waals surface area (Å²) in [6.07, 6.45) is 0. The average Bonchev–Trinajstić information content (AvgIpc) is 2.34. The second kappa shape index (κ2) is 6.71. The van der Waals surface area contributed by atoms with Crippen LogP contribution in [0.5, 0.6) is 0 Å². The topological polar surface area (TPSA) is 72.2 Å². The van der Waals surface area contributed by atoms with Crippen LogP contribution in [0.3, 0.4) is 0 Å². The largest absolute Gasteiger partial charge is 0.320 e. The summed E-state index contributed by atoms with van der Waals surface area (Å²) >= 11 is 0. The Morgan fingerprint density at radius 2 is 2.05 bits per heavy atom. The molecule has 1 rings (SSSR count). The van der Waals surface area contributed by atoms with Crippen LogP contribution >= 0.6 is 0 Å². The Hall–Kier alpha value is -1.35. The quantitative estimate of drug-likeness (QED) is 0.815. The fourth-order valence-corrected chi connectivity index (χ4v) is 2.83. The van der Waals surface area contributed by atoms with Crippen molar-refractivity contribution in [3.63, 3.8) is 0 Å². The number of hydrogen-bond donors (Lipinski definition) is 2. The van der Waals surface area contributed by atoms with E-state index in [2.05, 4.69) is 16.6 Å². The average molecular weight is 280 g/mol. The Kier molecular flexibility index (Phi) is 5.55. The summed E-state index contributed by atoms with van der Waals surface area (Å²) in [5, 5.41) is 0. The van der Waals surface area contributed by atoms with Gasteiger partial charge in [0.05, 0.1) is 11.4 Å². The molecule has 0 saturated heterocycles. The molecule has 3 N–H and O–H groups in total. The van der Waals surface area contributed by atoms with Crippen LogP contribution in [0.1, 0.15) is 25.0 Å². The molecule has 5 heteroatoms. The van der Waals surface area contributed by atoms with Gasteiger partial charge >= 0.3 is 0 Å². The lowest BCUT2D eigenvalue weighted by Crippen LogP contribution is -2.28. The van der Waals surface area contributed by atoms with Gasteiger partial charge in [-0.1, -0.05) is 31.8 Å². The van der Waals surface area contributed by atoms with Crippen LogP contribution in [-0.2, 0) is 10.0 Å². The molecular formula is C14H20N2O2S. The molecule has 0 aliphatic heterocycles. The lowest BCUT2D eigenvalue weighted by atomic mass is 10.1. The Morgan fingerprint density at radius 3 is 2.63 bits per heavy atom. The van der Waals surface area contributed by atoms with Crippen LogP contribution in [0.25, 0.3) is 0 Å². The minimum Gasteiger partial charge on any atom is -0.320 e. The van der Waals surface area contributed by atoms with Crippen molar-refractivity contribution in [3.8, 4) is 11.8 Å². The third-order valence-corrected chi connectivity index (χ3v) is 3.91. The van der Waals surface area contributed by atoms with Crippen molar-refractivity contribution < 1.29 is 8.42 Å². The van der Waals surface area contributed by atoms with E-state index in [-0.39, 0.29) is 17.4 Å². The second-order valence-corrected chi connectivity index (χ2v) is 6.49. The van der Waals surface area contributed by atoms with Gasteiger partial charge in [0.15, 0.2) is 0 Å². The maximum atomic E-state index is 12.2. The molecule has 0 unspecified atom stereocenters. The van der Waals surface area contributed by atoms with E-state index in [0.717, 1.165) is 5.56 Å². The number of rotatable bonds is 4. The SMILES string of the molecule is Cc1ccc(S(=O)(=O)NCC(C)C)c(C#CCN)c1. The molecule has 0 aliphatic carbocycles. The minimum absolute atomic E-state index is 0.201. The molecule has 0 saturated carbocycles. The Bertz CT molecular complexity index is 596. The zero-order chi connectivity index (χ0) is 14.5. The smallest absolute Gasteiger partial charge is 0.241 e. The van der Waals surface area contributed by atoms with E-state index in [9.17, 15) is 8.42 Å². The van der Waals surface area contributed by atoms with Gasteiger partial charge in [0.2, 0.25) is 10.0 Å². The third-order valence-electron chi connectivity index (χ3n) is 2.43. The van der Waals surface area contributed by atoms with Crippen LogP contribution in [0.2, 0.25) is 0 Å². The number of aryl methyl sites for hydroxylation is 1. The second-order valence-electron chi connectivity index (χ2n) is 4.75. The Morgan fingerprint density at radius 1 is 1.37 bits per heavy atom. The highest BCUT2D eigenvalue weighted by atomic mass is 32.2. The first-order valence-corrected chi connectivity index (χ1v) is 7.64. The number of sulfonamides is 1. The van der Waals surface area contributed by atoms with E-state index >= 15 is 0 Å². The molecule has 1 aromatic rings. The van der Waals surface area contributed by atoms with Crippen molar-refractivity contribution in [1.29, 1.82) is 0 Å². The van der Waals surface area contributed by atoms with E-state index in [4.69, 9.17) is 5.73 Å². The number of nitrogens with two attached hydrogens (primary N) is 1. The Labute approximate surface area is 115 Å². The molecule has 0 amide bonds. The zero-order valence-electron chi connectivity index (χ0n) is 11.5. The summed E-state index contributed by atoms with van der Waals surface area (Å²) in [4.78, 5) is 0.208. The molecule has 0 aliphatic rings. The first-order valence-electron chi connectivity index (χ1n) is 6.16. The zero-order valence-corrected chi connectivity index (χ0v) is 12.3. The molecule has 0 radical (unpaired) electrons. The van der Waals surface area contributed by atoms with Crippen LogP contribution < -0.4 is 10.5 Å². The molecule has 0 fully saturated rings. The summed E-state index contributed by atoms with van der Waals surface area (Å²) in [5.74, 6) is 5.76. The predicted molar refractivity (Wildman–Crippen MR) is 77.1 cm³/mol. The number of nitrogens with one attached hydrogen (secondary N) is 1. The number of hydrogen-bond acceptors (Lipinski definition) is 3. The van der Waals surface area contributed by atoms with E-state index in [1.54, 1.807) is 18.2 Å². The van der Waals surface area contributed by atoms with E-state index in [1.165, 1.54) is 0 Å². The standard InChI is InChI=1S/C14H20N2O2S/c1-11(2)10-16-19(17,18)14-7-6-12(3)9-13(14)5-4-8-15/h6-7,9,11,16H,8,10,15H2,1-3H3. The van der Waals surface area contributed by atoms with Gasteiger partial charge in [-0.2, -0.15) is 0 Å². The fraction of sp³-hybridized carbons (Fsp3) is 0.429. The van der Waals surface area contributed by atoms with Crippen molar-refractivity contribution in [2.75, 3.05) is 13.1 Å². The summed E-state index contributed by atoms with van der Waals surface area (Å²) in [5.41, 5.74) is 6.78. The molecule has 0 bridgehead atoms. The lowest BCUT2D eigenvalue weighted by molar-refractivity contribution is 0.560. The lowest BCUT2D eigenvalue weighted by Gasteiger charge is -2.11. The van der Waals surface area contributed by atoms with E-state index in [0.29, 0.717) is 12.1 Å². The van der Waals surface area contributed by atoms with Gasteiger partial charge in [0.1, 0.15) is 0 Å². The molecule has 0 aromatic heterocycles. The maximum Gasteiger partial charge on any atom is 0.241 e. The van der Waals surface area contributed by atoms with Gasteiger partial charge in [-0.15, -0.1) is 0 Å². The molecular weight excluding hydrogens is 260 g/mol.